The minimum Gasteiger partial charge on any atom is -0.497 e. The van der Waals surface area contributed by atoms with Crippen LogP contribution in [0.5, 0.6) is 17.4 Å². The molecule has 6 rings (SSSR count). The number of hydrogen-bond donors (Lipinski definition) is 1. The molecule has 1 N–H and O–H groups in total. The van der Waals surface area contributed by atoms with Crippen LogP contribution in [-0.2, 0) is 25.2 Å². The summed E-state index contributed by atoms with van der Waals surface area (Å²) in [6.45, 7) is 5.51. The van der Waals surface area contributed by atoms with Crippen molar-refractivity contribution in [2.45, 2.75) is 23.5 Å². The van der Waals surface area contributed by atoms with E-state index in [4.69, 9.17) is 18.9 Å². The molecule has 47 heavy (non-hydrogen) atoms. The van der Waals surface area contributed by atoms with E-state index in [1.807, 2.05) is 6.07 Å². The van der Waals surface area contributed by atoms with Crippen molar-refractivity contribution in [2.24, 2.45) is 0 Å². The maximum Gasteiger partial charge on any atom is 0.411 e. The molecular weight excluding hydrogens is 628 g/mol. The SMILES string of the molecule is CCOc1ncccc1C1(OC(=O)N2CCN(C3CNC3)CC2)C(=O)N(S(=O)(=O)c2ccc(OC)cc2OC)c2ccc(C#N)cc21. The average molecular weight is 663 g/mol. The van der Waals surface area contributed by atoms with Gasteiger partial charge < -0.3 is 29.2 Å². The van der Waals surface area contributed by atoms with E-state index in [2.05, 4.69) is 15.2 Å². The minimum atomic E-state index is -4.73. The van der Waals surface area contributed by atoms with E-state index in [0.29, 0.717) is 42.3 Å². The number of pyridine rings is 1. The van der Waals surface area contributed by atoms with Gasteiger partial charge in [-0.2, -0.15) is 9.57 Å². The van der Waals surface area contributed by atoms with Gasteiger partial charge in [0.05, 0.1) is 43.7 Å². The molecule has 2 aromatic carbocycles. The van der Waals surface area contributed by atoms with E-state index >= 15 is 0 Å². The third-order valence-corrected chi connectivity index (χ3v) is 10.4. The van der Waals surface area contributed by atoms with Crippen LogP contribution < -0.4 is 23.8 Å². The Labute approximate surface area is 272 Å². The Kier molecular flexibility index (Phi) is 8.66. The van der Waals surface area contributed by atoms with Gasteiger partial charge in [0, 0.05) is 63.1 Å². The number of nitrogens with one attached hydrogen (secondary N) is 1. The monoisotopic (exact) mass is 662 g/mol. The summed E-state index contributed by atoms with van der Waals surface area (Å²) in [7, 11) is -2.01. The number of nitriles is 1. The van der Waals surface area contributed by atoms with Crippen LogP contribution in [0.25, 0.3) is 0 Å². The Balaban J connectivity index is 1.51. The quantitative estimate of drug-likeness (QED) is 0.355. The summed E-state index contributed by atoms with van der Waals surface area (Å²) < 4.78 is 52.3. The molecule has 0 spiro atoms. The van der Waals surface area contributed by atoms with Crippen LogP contribution in [0.15, 0.2) is 59.6 Å². The van der Waals surface area contributed by atoms with Crippen molar-refractivity contribution in [3.8, 4) is 23.4 Å². The van der Waals surface area contributed by atoms with Gasteiger partial charge >= 0.3 is 6.09 Å². The highest BCUT2D eigenvalue weighted by Gasteiger charge is 2.61. The van der Waals surface area contributed by atoms with Crippen molar-refractivity contribution >= 4 is 27.7 Å². The molecule has 2 saturated heterocycles. The summed E-state index contributed by atoms with van der Waals surface area (Å²) in [5.41, 5.74) is -2.40. The summed E-state index contributed by atoms with van der Waals surface area (Å²) in [5, 5.41) is 13.1. The van der Waals surface area contributed by atoms with E-state index in [1.165, 1.54) is 73.8 Å². The molecule has 2 fully saturated rings. The molecule has 0 saturated carbocycles. The first kappa shape index (κ1) is 32.0. The molecule has 0 bridgehead atoms. The lowest BCUT2D eigenvalue weighted by Gasteiger charge is -2.43. The van der Waals surface area contributed by atoms with Gasteiger partial charge in [-0.3, -0.25) is 9.69 Å². The Morgan fingerprint density at radius 2 is 1.83 bits per heavy atom. The number of ether oxygens (including phenoxy) is 4. The smallest absolute Gasteiger partial charge is 0.411 e. The summed E-state index contributed by atoms with van der Waals surface area (Å²) in [6, 6.07) is 13.6. The lowest BCUT2D eigenvalue weighted by Crippen LogP contribution is -2.62. The molecule has 0 radical (unpaired) electrons. The number of fused-ring (bicyclic) bond motifs is 1. The highest BCUT2D eigenvalue weighted by Crippen LogP contribution is 2.52. The number of rotatable bonds is 9. The molecule has 4 heterocycles. The topological polar surface area (TPSA) is 164 Å². The predicted molar refractivity (Wildman–Crippen MR) is 168 cm³/mol. The second kappa shape index (κ2) is 12.7. The van der Waals surface area contributed by atoms with Gasteiger partial charge in [0.15, 0.2) is 0 Å². The van der Waals surface area contributed by atoms with Gasteiger partial charge in [0.2, 0.25) is 5.88 Å². The maximum absolute atomic E-state index is 15.0. The minimum absolute atomic E-state index is 0.00936. The van der Waals surface area contributed by atoms with Gasteiger partial charge in [-0.25, -0.2) is 18.2 Å². The number of carbonyl (C=O) groups is 2. The largest absolute Gasteiger partial charge is 0.497 e. The van der Waals surface area contributed by atoms with E-state index < -0.39 is 27.6 Å². The highest BCUT2D eigenvalue weighted by atomic mass is 32.2. The van der Waals surface area contributed by atoms with E-state index in [1.54, 1.807) is 6.92 Å². The molecule has 15 heteroatoms. The first-order valence-electron chi connectivity index (χ1n) is 15.1. The molecule has 246 valence electrons. The lowest BCUT2D eigenvalue weighted by atomic mass is 9.87. The molecule has 1 aromatic heterocycles. The normalized spacial score (nSPS) is 19.8. The number of hydrogen-bond acceptors (Lipinski definition) is 12. The Morgan fingerprint density at radius 3 is 2.47 bits per heavy atom. The van der Waals surface area contributed by atoms with Gasteiger partial charge in [-0.15, -0.1) is 0 Å². The number of aromatic nitrogens is 1. The number of amides is 2. The second-order valence-electron chi connectivity index (χ2n) is 11.1. The molecule has 1 atom stereocenters. The second-order valence-corrected chi connectivity index (χ2v) is 12.9. The molecule has 3 aliphatic rings. The van der Waals surface area contributed by atoms with Crippen molar-refractivity contribution < 1.29 is 37.0 Å². The number of sulfonamides is 1. The van der Waals surface area contributed by atoms with E-state index in [9.17, 15) is 23.3 Å². The van der Waals surface area contributed by atoms with Gasteiger partial charge in [0.1, 0.15) is 16.4 Å². The fourth-order valence-corrected chi connectivity index (χ4v) is 7.68. The number of nitrogens with zero attached hydrogens (tertiary/aromatic N) is 5. The Hall–Kier alpha value is -4.91. The van der Waals surface area contributed by atoms with Crippen molar-refractivity contribution in [2.75, 3.05) is 64.4 Å². The van der Waals surface area contributed by atoms with E-state index in [0.717, 1.165) is 13.1 Å². The van der Waals surface area contributed by atoms with Crippen LogP contribution in [0.3, 0.4) is 0 Å². The summed E-state index contributed by atoms with van der Waals surface area (Å²) in [6.07, 6.45) is 0.618. The zero-order chi connectivity index (χ0) is 33.3. The van der Waals surface area contributed by atoms with Crippen molar-refractivity contribution in [3.05, 3.63) is 71.4 Å². The van der Waals surface area contributed by atoms with Crippen LogP contribution in [0.2, 0.25) is 0 Å². The number of carbonyl (C=O) groups excluding carboxylic acids is 2. The van der Waals surface area contributed by atoms with Crippen LogP contribution in [0.1, 0.15) is 23.6 Å². The van der Waals surface area contributed by atoms with Crippen molar-refractivity contribution in [1.29, 1.82) is 5.26 Å². The molecule has 3 aliphatic heterocycles. The third-order valence-electron chi connectivity index (χ3n) is 8.62. The molecule has 2 amide bonds. The molecule has 14 nitrogen and oxygen atoms in total. The number of piperazine rings is 1. The Bertz CT molecular complexity index is 1850. The number of anilines is 1. The van der Waals surface area contributed by atoms with Crippen LogP contribution >= 0.6 is 0 Å². The first-order valence-corrected chi connectivity index (χ1v) is 16.5. The number of methoxy groups -OCH3 is 2. The first-order chi connectivity index (χ1) is 22.7. The van der Waals surface area contributed by atoms with Crippen LogP contribution in [-0.4, -0.2) is 101 Å². The van der Waals surface area contributed by atoms with Gasteiger partial charge in [-0.1, -0.05) is 0 Å². The molecule has 0 aliphatic carbocycles. The maximum atomic E-state index is 15.0. The third kappa shape index (κ3) is 5.37. The Morgan fingerprint density at radius 1 is 1.06 bits per heavy atom. The number of benzene rings is 2. The lowest BCUT2D eigenvalue weighted by molar-refractivity contribution is -0.132. The summed E-state index contributed by atoms with van der Waals surface area (Å²) in [5.74, 6) is -0.881. The predicted octanol–water partition coefficient (Wildman–Crippen LogP) is 2.07. The van der Waals surface area contributed by atoms with Crippen molar-refractivity contribution in [3.63, 3.8) is 0 Å². The molecular formula is C32H34N6O8S. The average Bonchev–Trinajstić information content (AvgIpc) is 3.31. The molecule has 3 aromatic rings. The molecule has 1 unspecified atom stereocenters. The van der Waals surface area contributed by atoms with E-state index in [-0.39, 0.29) is 45.5 Å². The zero-order valence-electron chi connectivity index (χ0n) is 26.1. The van der Waals surface area contributed by atoms with Crippen molar-refractivity contribution in [1.82, 2.24) is 20.1 Å². The van der Waals surface area contributed by atoms with Gasteiger partial charge in [-0.05, 0) is 49.4 Å². The van der Waals surface area contributed by atoms with Crippen LogP contribution in [0.4, 0.5) is 10.5 Å². The zero-order valence-corrected chi connectivity index (χ0v) is 27.0. The van der Waals surface area contributed by atoms with Crippen LogP contribution in [0, 0.1) is 11.3 Å². The fourth-order valence-electron chi connectivity index (χ4n) is 6.08. The van der Waals surface area contributed by atoms with Gasteiger partial charge in [0.25, 0.3) is 21.5 Å². The fraction of sp³-hybridized carbons (Fsp3) is 0.375. The highest BCUT2D eigenvalue weighted by molar-refractivity contribution is 7.93. The summed E-state index contributed by atoms with van der Waals surface area (Å²) in [4.78, 5) is 36.8. The summed E-state index contributed by atoms with van der Waals surface area (Å²) >= 11 is 0. The standard InChI is InChI=1S/C32H34N6O8S/c1-4-45-29-24(6-5-11-35-29)32(46-31(40)37-14-12-36(13-15-37)22-19-34-20-22)25-16-21(18-33)7-9-26(25)38(30(32)39)47(41,42)28-10-8-23(43-2)17-27(28)44-3/h5-11,16-17,22,34H,4,12-15,19-20H2,1-3H3.